The fraction of sp³-hybridized carbons (Fsp3) is 0.304. The number of nitrogens with zero attached hydrogens (tertiary/aromatic N) is 3. The summed E-state index contributed by atoms with van der Waals surface area (Å²) in [6, 6.07) is 15.3. The van der Waals surface area contributed by atoms with Gasteiger partial charge in [-0.05, 0) is 29.3 Å². The van der Waals surface area contributed by atoms with Gasteiger partial charge in [0.15, 0.2) is 5.82 Å². The van der Waals surface area contributed by atoms with Crippen LogP contribution in [0.5, 0.6) is 5.75 Å². The Bertz CT molecular complexity index is 1050. The van der Waals surface area contributed by atoms with Crippen LogP contribution in [0.1, 0.15) is 5.56 Å². The molecule has 162 valence electrons. The van der Waals surface area contributed by atoms with Crippen LogP contribution in [0, 0.1) is 0 Å². The maximum atomic E-state index is 12.6. The number of nitrogens with one attached hydrogen (secondary N) is 1. The fourth-order valence-electron chi connectivity index (χ4n) is 3.53. The van der Waals surface area contributed by atoms with Crippen LogP contribution in [0.3, 0.4) is 0 Å². The minimum Gasteiger partial charge on any atom is -0.497 e. The highest BCUT2D eigenvalue weighted by molar-refractivity contribution is 6.31. The van der Waals surface area contributed by atoms with E-state index in [4.69, 9.17) is 26.2 Å². The van der Waals surface area contributed by atoms with Gasteiger partial charge in [0.2, 0.25) is 5.91 Å². The van der Waals surface area contributed by atoms with E-state index in [1.54, 1.807) is 11.8 Å². The molecule has 7 nitrogen and oxygen atoms in total. The van der Waals surface area contributed by atoms with E-state index < -0.39 is 0 Å². The molecular formula is C23H25ClN4O3. The number of methoxy groups -OCH3 is 1. The van der Waals surface area contributed by atoms with Gasteiger partial charge in [-0.25, -0.2) is 0 Å². The van der Waals surface area contributed by atoms with Crippen LogP contribution in [0.4, 0.5) is 5.82 Å². The Morgan fingerprint density at radius 1 is 1.19 bits per heavy atom. The van der Waals surface area contributed by atoms with Crippen molar-refractivity contribution >= 4 is 23.3 Å². The number of ether oxygens (including phenoxy) is 2. The monoisotopic (exact) mass is 440 g/mol. The molecule has 2 heterocycles. The van der Waals surface area contributed by atoms with E-state index in [0.29, 0.717) is 24.8 Å². The SMILES string of the molecule is COc1cccc(-c2cn(CC(=O)NCc3ccccc3Cl)nc2N2CCOCC2)c1. The van der Waals surface area contributed by atoms with Crippen LogP contribution >= 0.6 is 11.6 Å². The van der Waals surface area contributed by atoms with Gasteiger partial charge in [0.1, 0.15) is 12.3 Å². The maximum Gasteiger partial charge on any atom is 0.242 e. The summed E-state index contributed by atoms with van der Waals surface area (Å²) in [7, 11) is 1.65. The minimum absolute atomic E-state index is 0.117. The average Bonchev–Trinajstić information content (AvgIpc) is 3.23. The summed E-state index contributed by atoms with van der Waals surface area (Å²) >= 11 is 6.18. The normalized spacial score (nSPS) is 13.8. The van der Waals surface area contributed by atoms with Crippen molar-refractivity contribution in [3.8, 4) is 16.9 Å². The van der Waals surface area contributed by atoms with Gasteiger partial charge in [-0.2, -0.15) is 5.10 Å². The van der Waals surface area contributed by atoms with Crippen molar-refractivity contribution in [2.24, 2.45) is 0 Å². The van der Waals surface area contributed by atoms with Crippen LogP contribution < -0.4 is 15.0 Å². The number of rotatable bonds is 7. The molecule has 2 aromatic carbocycles. The zero-order valence-corrected chi connectivity index (χ0v) is 18.1. The third-order valence-electron chi connectivity index (χ3n) is 5.17. The van der Waals surface area contributed by atoms with E-state index in [1.165, 1.54) is 0 Å². The van der Waals surface area contributed by atoms with Gasteiger partial charge in [-0.3, -0.25) is 9.48 Å². The number of carbonyl (C=O) groups is 1. The molecule has 0 unspecified atom stereocenters. The lowest BCUT2D eigenvalue weighted by atomic mass is 10.1. The molecule has 1 aliphatic heterocycles. The predicted octanol–water partition coefficient (Wildman–Crippen LogP) is 3.37. The average molecular weight is 441 g/mol. The Labute approximate surface area is 186 Å². The van der Waals surface area contributed by atoms with Gasteiger partial charge >= 0.3 is 0 Å². The van der Waals surface area contributed by atoms with Crippen molar-refractivity contribution < 1.29 is 14.3 Å². The van der Waals surface area contributed by atoms with Gasteiger partial charge in [0.05, 0.1) is 20.3 Å². The molecule has 0 saturated carbocycles. The van der Waals surface area contributed by atoms with Crippen LogP contribution in [0.2, 0.25) is 5.02 Å². The van der Waals surface area contributed by atoms with Gasteiger partial charge in [0, 0.05) is 36.4 Å². The summed E-state index contributed by atoms with van der Waals surface area (Å²) < 4.78 is 12.6. The fourth-order valence-corrected chi connectivity index (χ4v) is 3.74. The molecule has 1 N–H and O–H groups in total. The van der Waals surface area contributed by atoms with E-state index in [9.17, 15) is 4.79 Å². The number of carbonyl (C=O) groups excluding carboxylic acids is 1. The highest BCUT2D eigenvalue weighted by Gasteiger charge is 2.21. The summed E-state index contributed by atoms with van der Waals surface area (Å²) in [6.07, 6.45) is 1.91. The maximum absolute atomic E-state index is 12.6. The first-order valence-corrected chi connectivity index (χ1v) is 10.6. The molecule has 4 rings (SSSR count). The topological polar surface area (TPSA) is 68.6 Å². The quantitative estimate of drug-likeness (QED) is 0.610. The Balaban J connectivity index is 1.54. The Kier molecular flexibility index (Phi) is 6.74. The third-order valence-corrected chi connectivity index (χ3v) is 5.54. The number of halogens is 1. The first kappa shape index (κ1) is 21.2. The summed E-state index contributed by atoms with van der Waals surface area (Å²) in [6.45, 7) is 3.31. The molecule has 0 aliphatic carbocycles. The van der Waals surface area contributed by atoms with E-state index in [0.717, 1.165) is 41.3 Å². The molecule has 1 amide bonds. The number of morpholine rings is 1. The second-order valence-corrected chi connectivity index (χ2v) is 7.67. The molecule has 31 heavy (non-hydrogen) atoms. The largest absolute Gasteiger partial charge is 0.497 e. The Morgan fingerprint density at radius 2 is 2.00 bits per heavy atom. The smallest absolute Gasteiger partial charge is 0.242 e. The van der Waals surface area contributed by atoms with Crippen molar-refractivity contribution in [2.45, 2.75) is 13.1 Å². The number of amides is 1. The van der Waals surface area contributed by atoms with Crippen LogP contribution in [0.25, 0.3) is 11.1 Å². The second kappa shape index (κ2) is 9.85. The molecule has 1 saturated heterocycles. The lowest BCUT2D eigenvalue weighted by molar-refractivity contribution is -0.122. The van der Waals surface area contributed by atoms with Crippen molar-refractivity contribution in [1.29, 1.82) is 0 Å². The number of benzene rings is 2. The van der Waals surface area contributed by atoms with Gasteiger partial charge in [-0.1, -0.05) is 41.9 Å². The zero-order chi connectivity index (χ0) is 21.6. The lowest BCUT2D eigenvalue weighted by Crippen LogP contribution is -2.37. The lowest BCUT2D eigenvalue weighted by Gasteiger charge is -2.27. The minimum atomic E-state index is -0.131. The Morgan fingerprint density at radius 3 is 2.77 bits per heavy atom. The standard InChI is InChI=1S/C23H25ClN4O3/c1-30-19-7-4-6-17(13-19)20-15-28(26-23(20)27-9-11-31-12-10-27)16-22(29)25-14-18-5-2-3-8-21(18)24/h2-8,13,15H,9-12,14,16H2,1H3,(H,25,29). The van der Waals surface area contributed by atoms with Crippen LogP contribution in [0.15, 0.2) is 54.7 Å². The van der Waals surface area contributed by atoms with Crippen molar-refractivity contribution in [1.82, 2.24) is 15.1 Å². The van der Waals surface area contributed by atoms with Crippen LogP contribution in [-0.4, -0.2) is 49.1 Å². The molecule has 0 bridgehead atoms. The molecular weight excluding hydrogens is 416 g/mol. The zero-order valence-electron chi connectivity index (χ0n) is 17.4. The number of hydrogen-bond donors (Lipinski definition) is 1. The van der Waals surface area contributed by atoms with Crippen molar-refractivity contribution in [2.75, 3.05) is 38.3 Å². The van der Waals surface area contributed by atoms with Gasteiger partial charge in [0.25, 0.3) is 0 Å². The molecule has 8 heteroatoms. The molecule has 1 fully saturated rings. The summed E-state index contributed by atoms with van der Waals surface area (Å²) in [5.74, 6) is 1.49. The van der Waals surface area contributed by atoms with Crippen molar-refractivity contribution in [3.63, 3.8) is 0 Å². The van der Waals surface area contributed by atoms with Gasteiger partial charge < -0.3 is 19.7 Å². The number of aromatic nitrogens is 2. The predicted molar refractivity (Wildman–Crippen MR) is 121 cm³/mol. The van der Waals surface area contributed by atoms with E-state index in [2.05, 4.69) is 10.2 Å². The van der Waals surface area contributed by atoms with Crippen molar-refractivity contribution in [3.05, 3.63) is 65.3 Å². The third kappa shape index (κ3) is 5.18. The second-order valence-electron chi connectivity index (χ2n) is 7.26. The molecule has 3 aromatic rings. The Hall–Kier alpha value is -3.03. The number of anilines is 1. The molecule has 0 spiro atoms. The van der Waals surface area contributed by atoms with E-state index in [1.807, 2.05) is 54.7 Å². The molecule has 0 radical (unpaired) electrons. The molecule has 1 aliphatic rings. The van der Waals surface area contributed by atoms with Gasteiger partial charge in [-0.15, -0.1) is 0 Å². The number of hydrogen-bond acceptors (Lipinski definition) is 5. The summed E-state index contributed by atoms with van der Waals surface area (Å²) in [5, 5.41) is 8.29. The van der Waals surface area contributed by atoms with E-state index in [-0.39, 0.29) is 12.5 Å². The highest BCUT2D eigenvalue weighted by atomic mass is 35.5. The molecule has 0 atom stereocenters. The summed E-state index contributed by atoms with van der Waals surface area (Å²) in [5.41, 5.74) is 2.83. The highest BCUT2D eigenvalue weighted by Crippen LogP contribution is 2.32. The van der Waals surface area contributed by atoms with Crippen LogP contribution in [-0.2, 0) is 22.6 Å². The molecule has 1 aromatic heterocycles. The first-order valence-electron chi connectivity index (χ1n) is 10.2. The summed E-state index contributed by atoms with van der Waals surface area (Å²) in [4.78, 5) is 14.8. The first-order chi connectivity index (χ1) is 15.1. The van der Waals surface area contributed by atoms with E-state index >= 15 is 0 Å².